The predicted molar refractivity (Wildman–Crippen MR) is 83.6 cm³/mol. The van der Waals surface area contributed by atoms with Gasteiger partial charge in [0.2, 0.25) is 0 Å². The Balaban J connectivity index is 0.000000741. The first-order chi connectivity index (χ1) is 9.38. The van der Waals surface area contributed by atoms with Crippen LogP contribution in [0.25, 0.3) is 0 Å². The van der Waals surface area contributed by atoms with E-state index in [1.807, 2.05) is 27.7 Å². The van der Waals surface area contributed by atoms with Crippen molar-refractivity contribution < 1.29 is 5.11 Å². The van der Waals surface area contributed by atoms with Gasteiger partial charge < -0.3 is 20.2 Å². The zero-order chi connectivity index (χ0) is 14.5. The molecule has 0 saturated carbocycles. The summed E-state index contributed by atoms with van der Waals surface area (Å²) in [5.41, 5.74) is 0. The number of aliphatic hydroxyl groups is 1. The van der Waals surface area contributed by atoms with Gasteiger partial charge in [-0.15, -0.1) is 0 Å². The van der Waals surface area contributed by atoms with Crippen molar-refractivity contribution in [3.63, 3.8) is 0 Å². The minimum absolute atomic E-state index is 0.306. The average Bonchev–Trinajstić information content (AvgIpc) is 2.92. The Morgan fingerprint density at radius 3 is 2.21 bits per heavy atom. The second-order valence-corrected chi connectivity index (χ2v) is 4.73. The highest BCUT2D eigenvalue weighted by atomic mass is 16.3. The standard InChI is InChI=1S/C11H23N3O.2C2H6/c15-8-7-13-4-1-11(9-13)10-14-5-2-12-3-6-14;2*1-2/h11-12,15H,1-10H2;2*1-2H3/t11-;;/m0../s1. The summed E-state index contributed by atoms with van der Waals surface area (Å²) in [6, 6.07) is 0. The molecule has 2 aliphatic rings. The van der Waals surface area contributed by atoms with Crippen molar-refractivity contribution in [2.24, 2.45) is 5.92 Å². The molecule has 2 fully saturated rings. The maximum absolute atomic E-state index is 8.87. The van der Waals surface area contributed by atoms with Crippen molar-refractivity contribution in [1.29, 1.82) is 0 Å². The summed E-state index contributed by atoms with van der Waals surface area (Å²) in [6.45, 7) is 17.5. The molecular weight excluding hydrogens is 238 g/mol. The van der Waals surface area contributed by atoms with Gasteiger partial charge in [0.05, 0.1) is 6.61 Å². The third kappa shape index (κ3) is 7.88. The molecule has 0 aromatic carbocycles. The number of rotatable bonds is 4. The van der Waals surface area contributed by atoms with E-state index in [0.717, 1.165) is 25.6 Å². The van der Waals surface area contributed by atoms with Crippen LogP contribution in [-0.2, 0) is 0 Å². The molecule has 2 rings (SSSR count). The number of nitrogens with one attached hydrogen (secondary N) is 1. The molecule has 0 unspecified atom stereocenters. The molecule has 4 heteroatoms. The van der Waals surface area contributed by atoms with E-state index in [1.54, 1.807) is 0 Å². The zero-order valence-corrected chi connectivity index (χ0v) is 13.5. The van der Waals surface area contributed by atoms with E-state index in [2.05, 4.69) is 15.1 Å². The summed E-state index contributed by atoms with van der Waals surface area (Å²) in [5.74, 6) is 0.828. The number of hydrogen-bond acceptors (Lipinski definition) is 4. The van der Waals surface area contributed by atoms with E-state index in [4.69, 9.17) is 5.11 Å². The Kier molecular flexibility index (Phi) is 12.7. The normalized spacial score (nSPS) is 24.2. The largest absolute Gasteiger partial charge is 0.395 e. The highest BCUT2D eigenvalue weighted by molar-refractivity contribution is 4.79. The Hall–Kier alpha value is -0.160. The lowest BCUT2D eigenvalue weighted by atomic mass is 10.1. The first kappa shape index (κ1) is 18.8. The third-order valence-corrected chi connectivity index (χ3v) is 3.51. The monoisotopic (exact) mass is 273 g/mol. The fourth-order valence-electron chi connectivity index (χ4n) is 2.67. The minimum Gasteiger partial charge on any atom is -0.395 e. The molecular formula is C15H35N3O. The number of hydrogen-bond donors (Lipinski definition) is 2. The van der Waals surface area contributed by atoms with Gasteiger partial charge in [0.25, 0.3) is 0 Å². The summed E-state index contributed by atoms with van der Waals surface area (Å²) >= 11 is 0. The van der Waals surface area contributed by atoms with Crippen molar-refractivity contribution in [2.75, 3.05) is 59.0 Å². The SMILES string of the molecule is CC.CC.OCCN1CC[C@H](CN2CCNCC2)C1. The molecule has 0 bridgehead atoms. The van der Waals surface area contributed by atoms with E-state index in [-0.39, 0.29) is 0 Å². The lowest BCUT2D eigenvalue weighted by molar-refractivity contribution is 0.191. The third-order valence-electron chi connectivity index (χ3n) is 3.51. The Morgan fingerprint density at radius 2 is 1.63 bits per heavy atom. The van der Waals surface area contributed by atoms with Gasteiger partial charge in [0.1, 0.15) is 0 Å². The predicted octanol–water partition coefficient (Wildman–Crippen LogP) is 1.26. The molecule has 2 aliphatic heterocycles. The molecule has 1 atom stereocenters. The van der Waals surface area contributed by atoms with Crippen LogP contribution in [0, 0.1) is 5.92 Å². The lowest BCUT2D eigenvalue weighted by Gasteiger charge is -2.29. The number of nitrogens with zero attached hydrogens (tertiary/aromatic N) is 2. The van der Waals surface area contributed by atoms with E-state index >= 15 is 0 Å². The summed E-state index contributed by atoms with van der Waals surface area (Å²) in [5, 5.41) is 12.3. The van der Waals surface area contributed by atoms with Crippen LogP contribution in [0.15, 0.2) is 0 Å². The van der Waals surface area contributed by atoms with E-state index < -0.39 is 0 Å². The van der Waals surface area contributed by atoms with Crippen molar-refractivity contribution in [3.8, 4) is 0 Å². The molecule has 4 nitrogen and oxygen atoms in total. The van der Waals surface area contributed by atoms with Crippen LogP contribution in [0.5, 0.6) is 0 Å². The molecule has 0 spiro atoms. The molecule has 2 N–H and O–H groups in total. The molecule has 0 aromatic heterocycles. The van der Waals surface area contributed by atoms with Gasteiger partial charge in [-0.1, -0.05) is 27.7 Å². The van der Waals surface area contributed by atoms with E-state index in [9.17, 15) is 0 Å². The van der Waals surface area contributed by atoms with Gasteiger partial charge in [-0.3, -0.25) is 0 Å². The van der Waals surface area contributed by atoms with E-state index in [1.165, 1.54) is 39.1 Å². The molecule has 0 amide bonds. The van der Waals surface area contributed by atoms with Crippen molar-refractivity contribution in [2.45, 2.75) is 34.1 Å². The van der Waals surface area contributed by atoms with Crippen molar-refractivity contribution in [3.05, 3.63) is 0 Å². The molecule has 2 heterocycles. The average molecular weight is 273 g/mol. The van der Waals surface area contributed by atoms with Crippen molar-refractivity contribution >= 4 is 0 Å². The number of β-amino-alcohol motifs (C(OH)–C–C–N with tert-alkyl or cyclic N) is 1. The minimum atomic E-state index is 0.306. The molecule has 19 heavy (non-hydrogen) atoms. The van der Waals surface area contributed by atoms with Crippen LogP contribution in [-0.4, -0.2) is 73.9 Å². The van der Waals surface area contributed by atoms with Crippen molar-refractivity contribution in [1.82, 2.24) is 15.1 Å². The first-order valence-corrected chi connectivity index (χ1v) is 8.15. The van der Waals surface area contributed by atoms with Crippen LogP contribution >= 0.6 is 0 Å². The van der Waals surface area contributed by atoms with Crippen LogP contribution in [0.2, 0.25) is 0 Å². The highest BCUT2D eigenvalue weighted by Gasteiger charge is 2.24. The van der Waals surface area contributed by atoms with Crippen LogP contribution in [0.4, 0.5) is 0 Å². The number of likely N-dealkylation sites (tertiary alicyclic amines) is 1. The quantitative estimate of drug-likeness (QED) is 0.809. The first-order valence-electron chi connectivity index (χ1n) is 8.15. The number of aliphatic hydroxyl groups excluding tert-OH is 1. The molecule has 0 radical (unpaired) electrons. The molecule has 0 aliphatic carbocycles. The van der Waals surface area contributed by atoms with E-state index in [0.29, 0.717) is 6.61 Å². The maximum Gasteiger partial charge on any atom is 0.0558 e. The lowest BCUT2D eigenvalue weighted by Crippen LogP contribution is -2.45. The van der Waals surface area contributed by atoms with Crippen LogP contribution in [0.1, 0.15) is 34.1 Å². The Bertz CT molecular complexity index is 184. The highest BCUT2D eigenvalue weighted by Crippen LogP contribution is 2.17. The van der Waals surface area contributed by atoms with Crippen LogP contribution < -0.4 is 5.32 Å². The van der Waals surface area contributed by atoms with Gasteiger partial charge in [0, 0.05) is 45.8 Å². The number of piperazine rings is 1. The summed E-state index contributed by atoms with van der Waals surface area (Å²) in [6.07, 6.45) is 1.31. The summed E-state index contributed by atoms with van der Waals surface area (Å²) < 4.78 is 0. The molecule has 0 aromatic rings. The van der Waals surface area contributed by atoms with Gasteiger partial charge >= 0.3 is 0 Å². The topological polar surface area (TPSA) is 38.7 Å². The maximum atomic E-state index is 8.87. The van der Waals surface area contributed by atoms with Gasteiger partial charge in [-0.05, 0) is 18.9 Å². The van der Waals surface area contributed by atoms with Crippen LogP contribution in [0.3, 0.4) is 0 Å². The summed E-state index contributed by atoms with van der Waals surface area (Å²) in [4.78, 5) is 4.95. The fraction of sp³-hybridized carbons (Fsp3) is 1.00. The smallest absolute Gasteiger partial charge is 0.0558 e. The second kappa shape index (κ2) is 12.9. The van der Waals surface area contributed by atoms with Gasteiger partial charge in [-0.25, -0.2) is 0 Å². The fourth-order valence-corrected chi connectivity index (χ4v) is 2.67. The molecule has 116 valence electrons. The molecule has 2 saturated heterocycles. The van der Waals surface area contributed by atoms with Gasteiger partial charge in [0.15, 0.2) is 0 Å². The Morgan fingerprint density at radius 1 is 1.00 bits per heavy atom. The Labute approximate surface area is 120 Å². The van der Waals surface area contributed by atoms with Gasteiger partial charge in [-0.2, -0.15) is 0 Å². The zero-order valence-electron chi connectivity index (χ0n) is 13.5. The second-order valence-electron chi connectivity index (χ2n) is 4.73. The summed E-state index contributed by atoms with van der Waals surface area (Å²) in [7, 11) is 0.